The van der Waals surface area contributed by atoms with E-state index in [9.17, 15) is 9.59 Å². The molecule has 0 bridgehead atoms. The molecule has 5 nitrogen and oxygen atoms in total. The van der Waals surface area contributed by atoms with Crippen molar-refractivity contribution in [1.29, 1.82) is 0 Å². The van der Waals surface area contributed by atoms with Crippen LogP contribution >= 0.6 is 0 Å². The Kier molecular flexibility index (Phi) is 4.43. The number of nitrogens with one attached hydrogen (secondary N) is 2. The second-order valence-electron chi connectivity index (χ2n) is 6.06. The van der Waals surface area contributed by atoms with Crippen LogP contribution in [-0.4, -0.2) is 42.4 Å². The van der Waals surface area contributed by atoms with Gasteiger partial charge < -0.3 is 10.6 Å². The van der Waals surface area contributed by atoms with Gasteiger partial charge in [-0.1, -0.05) is 25.1 Å². The van der Waals surface area contributed by atoms with E-state index in [1.54, 1.807) is 0 Å². The third-order valence-electron chi connectivity index (χ3n) is 4.73. The summed E-state index contributed by atoms with van der Waals surface area (Å²) in [4.78, 5) is 26.8. The molecule has 1 aromatic rings. The number of likely N-dealkylation sites (N-methyl/N-ethyl adjacent to an activating group) is 1. The Balaban J connectivity index is 1.66. The van der Waals surface area contributed by atoms with Gasteiger partial charge in [-0.05, 0) is 37.6 Å². The number of benzene rings is 1. The molecule has 5 heteroatoms. The molecule has 2 amide bonds. The number of fused-ring (bicyclic) bond motifs is 1. The number of rotatable bonds is 4. The molecular weight excluding hydrogens is 278 g/mol. The van der Waals surface area contributed by atoms with E-state index in [0.29, 0.717) is 12.6 Å². The van der Waals surface area contributed by atoms with Gasteiger partial charge in [-0.3, -0.25) is 14.5 Å². The van der Waals surface area contributed by atoms with Crippen LogP contribution in [-0.2, 0) is 9.59 Å². The molecule has 3 rings (SSSR count). The number of amides is 2. The minimum atomic E-state index is -0.374. The van der Waals surface area contributed by atoms with Crippen molar-refractivity contribution in [3.05, 3.63) is 29.8 Å². The summed E-state index contributed by atoms with van der Waals surface area (Å²) in [5, 5.41) is 5.89. The van der Waals surface area contributed by atoms with Gasteiger partial charge in [-0.15, -0.1) is 0 Å². The Hall–Kier alpha value is -1.88. The van der Waals surface area contributed by atoms with Gasteiger partial charge in [0, 0.05) is 24.7 Å². The molecule has 0 saturated carbocycles. The average Bonchev–Trinajstić information content (AvgIpc) is 2.99. The van der Waals surface area contributed by atoms with Crippen molar-refractivity contribution in [2.75, 3.05) is 25.0 Å². The van der Waals surface area contributed by atoms with Gasteiger partial charge in [0.15, 0.2) is 0 Å². The van der Waals surface area contributed by atoms with E-state index in [4.69, 9.17) is 0 Å². The number of hydrogen-bond donors (Lipinski definition) is 2. The van der Waals surface area contributed by atoms with E-state index in [1.165, 1.54) is 6.42 Å². The summed E-state index contributed by atoms with van der Waals surface area (Å²) in [7, 11) is 0. The van der Waals surface area contributed by atoms with Gasteiger partial charge in [0.25, 0.3) is 0 Å². The van der Waals surface area contributed by atoms with E-state index in [-0.39, 0.29) is 24.2 Å². The lowest BCUT2D eigenvalue weighted by molar-refractivity contribution is -0.126. The lowest BCUT2D eigenvalue weighted by Gasteiger charge is -2.27. The van der Waals surface area contributed by atoms with E-state index in [1.807, 2.05) is 24.3 Å². The highest BCUT2D eigenvalue weighted by Crippen LogP contribution is 2.32. The normalized spacial score (nSPS) is 24.7. The van der Waals surface area contributed by atoms with Crippen LogP contribution in [0, 0.1) is 0 Å². The number of nitrogens with zero attached hydrogens (tertiary/aromatic N) is 1. The summed E-state index contributed by atoms with van der Waals surface area (Å²) in [5.74, 6) is -0.499. The summed E-state index contributed by atoms with van der Waals surface area (Å²) < 4.78 is 0. The van der Waals surface area contributed by atoms with Crippen molar-refractivity contribution < 1.29 is 9.59 Å². The molecule has 2 heterocycles. The van der Waals surface area contributed by atoms with Gasteiger partial charge >= 0.3 is 0 Å². The predicted octanol–water partition coefficient (Wildman–Crippen LogP) is 1.71. The lowest BCUT2D eigenvalue weighted by atomic mass is 9.90. The SMILES string of the molecule is CCN1CCCC1CNC(=O)C1CC(=O)Nc2ccccc21. The second kappa shape index (κ2) is 6.48. The monoisotopic (exact) mass is 301 g/mol. The number of hydrogen-bond acceptors (Lipinski definition) is 3. The predicted molar refractivity (Wildman–Crippen MR) is 85.7 cm³/mol. The van der Waals surface area contributed by atoms with Crippen molar-refractivity contribution in [2.45, 2.75) is 38.1 Å². The first-order valence-corrected chi connectivity index (χ1v) is 8.09. The van der Waals surface area contributed by atoms with Gasteiger partial charge in [0.1, 0.15) is 0 Å². The second-order valence-corrected chi connectivity index (χ2v) is 6.06. The first-order valence-electron chi connectivity index (χ1n) is 8.09. The molecule has 0 spiro atoms. The van der Waals surface area contributed by atoms with E-state index < -0.39 is 0 Å². The van der Waals surface area contributed by atoms with Crippen LogP contribution in [0.3, 0.4) is 0 Å². The largest absolute Gasteiger partial charge is 0.354 e. The Morgan fingerprint density at radius 1 is 1.41 bits per heavy atom. The Morgan fingerprint density at radius 3 is 3.05 bits per heavy atom. The molecule has 2 aliphatic rings. The molecule has 2 aliphatic heterocycles. The molecule has 1 saturated heterocycles. The fourth-order valence-electron chi connectivity index (χ4n) is 3.53. The molecule has 1 aromatic carbocycles. The zero-order chi connectivity index (χ0) is 15.5. The number of likely N-dealkylation sites (tertiary alicyclic amines) is 1. The zero-order valence-corrected chi connectivity index (χ0v) is 13.0. The highest BCUT2D eigenvalue weighted by molar-refractivity contribution is 6.01. The Bertz CT molecular complexity index is 573. The van der Waals surface area contributed by atoms with Gasteiger partial charge in [-0.2, -0.15) is 0 Å². The third kappa shape index (κ3) is 2.99. The van der Waals surface area contributed by atoms with Gasteiger partial charge in [-0.25, -0.2) is 0 Å². The lowest BCUT2D eigenvalue weighted by Crippen LogP contribution is -2.42. The molecule has 2 unspecified atom stereocenters. The van der Waals surface area contributed by atoms with Crippen molar-refractivity contribution in [3.8, 4) is 0 Å². The number of carbonyl (C=O) groups excluding carboxylic acids is 2. The highest BCUT2D eigenvalue weighted by Gasteiger charge is 2.31. The molecule has 118 valence electrons. The molecule has 2 N–H and O–H groups in total. The summed E-state index contributed by atoms with van der Waals surface area (Å²) in [6.45, 7) is 4.97. The van der Waals surface area contributed by atoms with Crippen LogP contribution in [0.4, 0.5) is 5.69 Å². The summed E-state index contributed by atoms with van der Waals surface area (Å²) in [6.07, 6.45) is 2.56. The van der Waals surface area contributed by atoms with Crippen LogP contribution < -0.4 is 10.6 Å². The van der Waals surface area contributed by atoms with Crippen molar-refractivity contribution >= 4 is 17.5 Å². The molecule has 1 fully saturated rings. The van der Waals surface area contributed by atoms with Crippen LogP contribution in [0.2, 0.25) is 0 Å². The highest BCUT2D eigenvalue weighted by atomic mass is 16.2. The molecule has 0 radical (unpaired) electrons. The van der Waals surface area contributed by atoms with E-state index >= 15 is 0 Å². The van der Waals surface area contributed by atoms with Crippen LogP contribution in [0.15, 0.2) is 24.3 Å². The van der Waals surface area contributed by atoms with Crippen LogP contribution in [0.5, 0.6) is 0 Å². The number of para-hydroxylation sites is 1. The fraction of sp³-hybridized carbons (Fsp3) is 0.529. The summed E-state index contributed by atoms with van der Waals surface area (Å²) in [6, 6.07) is 7.99. The quantitative estimate of drug-likeness (QED) is 0.890. The van der Waals surface area contributed by atoms with Crippen LogP contribution in [0.25, 0.3) is 0 Å². The molecule has 0 aromatic heterocycles. The Morgan fingerprint density at radius 2 is 2.23 bits per heavy atom. The maximum atomic E-state index is 12.5. The summed E-state index contributed by atoms with van der Waals surface area (Å²) in [5.41, 5.74) is 1.67. The Labute approximate surface area is 131 Å². The van der Waals surface area contributed by atoms with Crippen molar-refractivity contribution in [2.24, 2.45) is 0 Å². The first kappa shape index (κ1) is 15.0. The van der Waals surface area contributed by atoms with E-state index in [0.717, 1.165) is 30.8 Å². The standard InChI is InChI=1S/C17H23N3O2/c1-2-20-9-5-6-12(20)11-18-17(22)14-10-16(21)19-15-8-4-3-7-13(14)15/h3-4,7-8,12,14H,2,5-6,9-11H2,1H3,(H,18,22)(H,19,21). The maximum absolute atomic E-state index is 12.5. The summed E-state index contributed by atoms with van der Waals surface area (Å²) >= 11 is 0. The topological polar surface area (TPSA) is 61.4 Å². The van der Waals surface area contributed by atoms with E-state index in [2.05, 4.69) is 22.5 Å². The third-order valence-corrected chi connectivity index (χ3v) is 4.73. The van der Waals surface area contributed by atoms with Crippen molar-refractivity contribution in [1.82, 2.24) is 10.2 Å². The molecule has 2 atom stereocenters. The van der Waals surface area contributed by atoms with Gasteiger partial charge in [0.05, 0.1) is 5.92 Å². The van der Waals surface area contributed by atoms with Crippen LogP contribution in [0.1, 0.15) is 37.7 Å². The average molecular weight is 301 g/mol. The van der Waals surface area contributed by atoms with Gasteiger partial charge in [0.2, 0.25) is 11.8 Å². The fourth-order valence-corrected chi connectivity index (χ4v) is 3.53. The zero-order valence-electron chi connectivity index (χ0n) is 13.0. The molecular formula is C17H23N3O2. The molecule has 0 aliphatic carbocycles. The number of anilines is 1. The first-order chi connectivity index (χ1) is 10.7. The molecule has 22 heavy (non-hydrogen) atoms. The minimum absolute atomic E-state index is 0.0368. The minimum Gasteiger partial charge on any atom is -0.354 e. The van der Waals surface area contributed by atoms with Crippen molar-refractivity contribution in [3.63, 3.8) is 0 Å². The maximum Gasteiger partial charge on any atom is 0.228 e. The smallest absolute Gasteiger partial charge is 0.228 e. The number of carbonyl (C=O) groups is 2.